The van der Waals surface area contributed by atoms with E-state index in [1.54, 1.807) is 17.0 Å². The van der Waals surface area contributed by atoms with Crippen molar-refractivity contribution in [3.8, 4) is 0 Å². The van der Waals surface area contributed by atoms with Crippen molar-refractivity contribution in [1.29, 1.82) is 0 Å². The van der Waals surface area contributed by atoms with Gasteiger partial charge in [0.1, 0.15) is 6.54 Å². The zero-order valence-corrected chi connectivity index (χ0v) is 15.0. The summed E-state index contributed by atoms with van der Waals surface area (Å²) in [7, 11) is 0. The van der Waals surface area contributed by atoms with Crippen molar-refractivity contribution in [1.82, 2.24) is 10.2 Å². The molecule has 1 fully saturated rings. The summed E-state index contributed by atoms with van der Waals surface area (Å²) in [4.78, 5) is 39.8. The van der Waals surface area contributed by atoms with Crippen molar-refractivity contribution >= 4 is 41.5 Å². The predicted octanol–water partition coefficient (Wildman–Crippen LogP) is 0.994. The molecule has 0 saturated carbocycles. The van der Waals surface area contributed by atoms with Crippen LogP contribution in [0.15, 0.2) is 24.3 Å². The molecule has 2 aliphatic rings. The Labute approximate surface area is 153 Å². The smallest absolute Gasteiger partial charge is 0.244 e. The third-order valence-corrected chi connectivity index (χ3v) is 4.35. The quantitative estimate of drug-likeness (QED) is 0.836. The van der Waals surface area contributed by atoms with Gasteiger partial charge in [0.15, 0.2) is 0 Å². The van der Waals surface area contributed by atoms with Gasteiger partial charge in [-0.05, 0) is 19.1 Å². The predicted molar refractivity (Wildman–Crippen MR) is 98.0 cm³/mol. The second-order valence-corrected chi connectivity index (χ2v) is 6.24. The van der Waals surface area contributed by atoms with Crippen molar-refractivity contribution < 1.29 is 14.4 Å². The highest BCUT2D eigenvalue weighted by molar-refractivity contribution is 6.10. The van der Waals surface area contributed by atoms with Gasteiger partial charge in [-0.1, -0.05) is 12.1 Å². The standard InChI is InChI=1S/C17H22N4O3.ClH/c1-12-10-20(9-8-18-12)16(23)6-7-17(24)21-11-15(22)19-13-4-2-3-5-14(13)21;/h2-5,12,18H,6-11H2,1H3,(H,19,22);1H. The van der Waals surface area contributed by atoms with Crippen LogP contribution in [0.1, 0.15) is 19.8 Å². The minimum absolute atomic E-state index is 0. The molecule has 1 saturated heterocycles. The van der Waals surface area contributed by atoms with Crippen LogP contribution in [0.2, 0.25) is 0 Å². The highest BCUT2D eigenvalue weighted by Crippen LogP contribution is 2.29. The van der Waals surface area contributed by atoms with Crippen LogP contribution in [0.5, 0.6) is 0 Å². The van der Waals surface area contributed by atoms with Crippen molar-refractivity contribution in [3.63, 3.8) is 0 Å². The molecule has 2 N–H and O–H groups in total. The van der Waals surface area contributed by atoms with E-state index in [0.29, 0.717) is 24.5 Å². The number of benzene rings is 1. The van der Waals surface area contributed by atoms with Gasteiger partial charge >= 0.3 is 0 Å². The second-order valence-electron chi connectivity index (χ2n) is 6.24. The molecule has 0 aromatic heterocycles. The number of nitrogens with zero attached hydrogens (tertiary/aromatic N) is 2. The van der Waals surface area contributed by atoms with Gasteiger partial charge in [-0.25, -0.2) is 0 Å². The third-order valence-electron chi connectivity index (χ3n) is 4.35. The number of piperazine rings is 1. The maximum absolute atomic E-state index is 12.5. The van der Waals surface area contributed by atoms with Crippen LogP contribution in [0.25, 0.3) is 0 Å². The Bertz CT molecular complexity index is 667. The number of hydrogen-bond acceptors (Lipinski definition) is 4. The summed E-state index contributed by atoms with van der Waals surface area (Å²) < 4.78 is 0. The van der Waals surface area contributed by atoms with Gasteiger partial charge in [-0.15, -0.1) is 12.4 Å². The minimum atomic E-state index is -0.218. The molecule has 1 aromatic rings. The molecule has 1 atom stereocenters. The largest absolute Gasteiger partial charge is 0.340 e. The number of fused-ring (bicyclic) bond motifs is 1. The Kier molecular flexibility index (Phi) is 6.39. The highest BCUT2D eigenvalue weighted by Gasteiger charge is 2.27. The van der Waals surface area contributed by atoms with E-state index in [1.807, 2.05) is 19.1 Å². The van der Waals surface area contributed by atoms with Gasteiger partial charge < -0.3 is 20.4 Å². The zero-order chi connectivity index (χ0) is 17.1. The molecule has 3 rings (SSSR count). The summed E-state index contributed by atoms with van der Waals surface area (Å²) in [5, 5.41) is 6.04. The molecular formula is C17H23ClN4O3. The monoisotopic (exact) mass is 366 g/mol. The Morgan fingerprint density at radius 1 is 1.20 bits per heavy atom. The Morgan fingerprint density at radius 3 is 2.68 bits per heavy atom. The number of hydrogen-bond donors (Lipinski definition) is 2. The summed E-state index contributed by atoms with van der Waals surface area (Å²) in [5.41, 5.74) is 1.31. The first-order chi connectivity index (χ1) is 11.5. The molecule has 2 heterocycles. The lowest BCUT2D eigenvalue weighted by atomic mass is 10.1. The zero-order valence-electron chi connectivity index (χ0n) is 14.2. The number of amides is 3. The van der Waals surface area contributed by atoms with Crippen LogP contribution >= 0.6 is 12.4 Å². The van der Waals surface area contributed by atoms with E-state index in [0.717, 1.165) is 6.54 Å². The minimum Gasteiger partial charge on any atom is -0.340 e. The van der Waals surface area contributed by atoms with Gasteiger partial charge in [0.2, 0.25) is 17.7 Å². The molecule has 0 aliphatic carbocycles. The summed E-state index contributed by atoms with van der Waals surface area (Å²) in [5.74, 6) is -0.426. The van der Waals surface area contributed by atoms with E-state index in [9.17, 15) is 14.4 Å². The summed E-state index contributed by atoms with van der Waals surface area (Å²) >= 11 is 0. The number of nitrogens with one attached hydrogen (secondary N) is 2. The number of carbonyl (C=O) groups is 3. The van der Waals surface area contributed by atoms with E-state index in [4.69, 9.17) is 0 Å². The Hall–Kier alpha value is -2.12. The molecule has 8 heteroatoms. The fourth-order valence-corrected chi connectivity index (χ4v) is 3.12. The topological polar surface area (TPSA) is 81.8 Å². The van der Waals surface area contributed by atoms with Gasteiger partial charge in [-0.3, -0.25) is 14.4 Å². The van der Waals surface area contributed by atoms with Crippen LogP contribution in [0.4, 0.5) is 11.4 Å². The van der Waals surface area contributed by atoms with Crippen LogP contribution in [-0.2, 0) is 14.4 Å². The van der Waals surface area contributed by atoms with Crippen molar-refractivity contribution in [2.24, 2.45) is 0 Å². The SMILES string of the molecule is CC1CN(C(=O)CCC(=O)N2CC(=O)Nc3ccccc32)CCN1.Cl. The molecule has 2 aliphatic heterocycles. The second kappa shape index (κ2) is 8.31. The summed E-state index contributed by atoms with van der Waals surface area (Å²) in [6, 6.07) is 7.47. The molecule has 3 amide bonds. The molecule has 0 radical (unpaired) electrons. The van der Waals surface area contributed by atoms with Crippen LogP contribution in [-0.4, -0.2) is 54.8 Å². The lowest BCUT2D eigenvalue weighted by Gasteiger charge is -2.32. The van der Waals surface area contributed by atoms with E-state index < -0.39 is 0 Å². The maximum atomic E-state index is 12.5. The molecule has 25 heavy (non-hydrogen) atoms. The number of anilines is 2. The molecule has 7 nitrogen and oxygen atoms in total. The average Bonchev–Trinajstić information content (AvgIpc) is 2.58. The molecular weight excluding hydrogens is 344 g/mol. The Morgan fingerprint density at radius 2 is 1.92 bits per heavy atom. The fraction of sp³-hybridized carbons (Fsp3) is 0.471. The lowest BCUT2D eigenvalue weighted by molar-refractivity contribution is -0.134. The van der Waals surface area contributed by atoms with Crippen molar-refractivity contribution in [2.45, 2.75) is 25.8 Å². The van der Waals surface area contributed by atoms with Gasteiger partial charge in [0.05, 0.1) is 11.4 Å². The molecule has 0 bridgehead atoms. The Balaban J connectivity index is 0.00000225. The maximum Gasteiger partial charge on any atom is 0.244 e. The number of para-hydroxylation sites is 2. The average molecular weight is 367 g/mol. The van der Waals surface area contributed by atoms with Crippen molar-refractivity contribution in [2.75, 3.05) is 36.4 Å². The third kappa shape index (κ3) is 4.49. The van der Waals surface area contributed by atoms with Gasteiger partial charge in [0.25, 0.3) is 0 Å². The highest BCUT2D eigenvalue weighted by atomic mass is 35.5. The summed E-state index contributed by atoms with van der Waals surface area (Å²) in [6.45, 7) is 4.15. The van der Waals surface area contributed by atoms with E-state index >= 15 is 0 Å². The molecule has 0 spiro atoms. The number of carbonyl (C=O) groups excluding carboxylic acids is 3. The molecule has 1 unspecified atom stereocenters. The fourth-order valence-electron chi connectivity index (χ4n) is 3.12. The first kappa shape index (κ1) is 19.2. The van der Waals surface area contributed by atoms with Crippen LogP contribution in [0.3, 0.4) is 0 Å². The van der Waals surface area contributed by atoms with Gasteiger partial charge in [-0.2, -0.15) is 0 Å². The number of halogens is 1. The normalized spacial score (nSPS) is 19.6. The first-order valence-corrected chi connectivity index (χ1v) is 8.25. The van der Waals surface area contributed by atoms with E-state index in [2.05, 4.69) is 10.6 Å². The van der Waals surface area contributed by atoms with Crippen LogP contribution in [0, 0.1) is 0 Å². The van der Waals surface area contributed by atoms with E-state index in [1.165, 1.54) is 4.90 Å². The molecule has 136 valence electrons. The lowest BCUT2D eigenvalue weighted by Crippen LogP contribution is -2.51. The van der Waals surface area contributed by atoms with E-state index in [-0.39, 0.29) is 55.6 Å². The molecule has 1 aromatic carbocycles. The van der Waals surface area contributed by atoms with Crippen LogP contribution < -0.4 is 15.5 Å². The van der Waals surface area contributed by atoms with Crippen molar-refractivity contribution in [3.05, 3.63) is 24.3 Å². The first-order valence-electron chi connectivity index (χ1n) is 8.25. The number of rotatable bonds is 3. The summed E-state index contributed by atoms with van der Waals surface area (Å²) in [6.07, 6.45) is 0.282. The van der Waals surface area contributed by atoms with Gasteiger partial charge in [0, 0.05) is 38.5 Å².